The third-order valence-corrected chi connectivity index (χ3v) is 5.19. The first kappa shape index (κ1) is 18.5. The van der Waals surface area contributed by atoms with Crippen molar-refractivity contribution >= 4 is 25.4 Å². The molecule has 1 aliphatic rings. The van der Waals surface area contributed by atoms with E-state index in [0.29, 0.717) is 17.8 Å². The third kappa shape index (κ3) is 3.75. The van der Waals surface area contributed by atoms with Crippen LogP contribution >= 0.6 is 8.25 Å². The van der Waals surface area contributed by atoms with Crippen LogP contribution in [-0.4, -0.2) is 32.2 Å². The van der Waals surface area contributed by atoms with Crippen molar-refractivity contribution in [2.24, 2.45) is 5.92 Å². The minimum absolute atomic E-state index is 0.0137. The second kappa shape index (κ2) is 7.67. The number of nitrogens with two attached hydrogens (primary N) is 1. The molecule has 0 spiro atoms. The maximum Gasteiger partial charge on any atom is 0.750 e. The molecule has 0 aliphatic carbocycles. The molecule has 0 bridgehead atoms. The van der Waals surface area contributed by atoms with Gasteiger partial charge in [0.25, 0.3) is 5.56 Å². The van der Waals surface area contributed by atoms with Gasteiger partial charge >= 0.3 is 8.25 Å². The van der Waals surface area contributed by atoms with E-state index in [2.05, 4.69) is 15.0 Å². The van der Waals surface area contributed by atoms with Gasteiger partial charge in [0.2, 0.25) is 5.95 Å². The van der Waals surface area contributed by atoms with Gasteiger partial charge in [-0.05, 0) is 18.6 Å². The van der Waals surface area contributed by atoms with E-state index in [0.717, 1.165) is 0 Å². The van der Waals surface area contributed by atoms with Crippen LogP contribution in [0.5, 0.6) is 5.75 Å². The second-order valence-electron chi connectivity index (χ2n) is 6.56. The van der Waals surface area contributed by atoms with Gasteiger partial charge in [0.15, 0.2) is 16.9 Å². The fraction of sp³-hybridized carbons (Fsp3) is 0.353. The number of nitrogen functional groups attached to an aromatic ring is 1. The maximum atomic E-state index is 12.0. The number of aromatic amines is 1. The minimum Gasteiger partial charge on any atom is -0.369 e. The van der Waals surface area contributed by atoms with Crippen LogP contribution in [0.1, 0.15) is 19.6 Å². The van der Waals surface area contributed by atoms with E-state index >= 15 is 0 Å². The van der Waals surface area contributed by atoms with Crippen molar-refractivity contribution in [1.29, 1.82) is 0 Å². The standard InChI is InChI=1S/C17H18N5O5P/c1-10-7-12(8-25-28(24)27-11-5-3-2-4-6-11)26-16(10)22-9-19-13-14(22)20-17(18)21-15(13)23/h2-6,9-10,12,16H,7-8H2,1H3,(H2-,18,20,21,23)/p+1/t10-,12-,16+/m0/s1. The number of anilines is 1. The average molecular weight is 404 g/mol. The summed E-state index contributed by atoms with van der Waals surface area (Å²) >= 11 is 0. The van der Waals surface area contributed by atoms with Crippen LogP contribution in [-0.2, 0) is 13.8 Å². The summed E-state index contributed by atoms with van der Waals surface area (Å²) < 4.78 is 30.2. The Labute approximate surface area is 160 Å². The fourth-order valence-corrected chi connectivity index (χ4v) is 3.87. The van der Waals surface area contributed by atoms with Crippen molar-refractivity contribution in [3.05, 3.63) is 47.0 Å². The molecule has 3 N–H and O–H groups in total. The van der Waals surface area contributed by atoms with Crippen LogP contribution in [0.4, 0.5) is 5.95 Å². The summed E-state index contributed by atoms with van der Waals surface area (Å²) in [5.74, 6) is 0.585. The highest BCUT2D eigenvalue weighted by atomic mass is 31.1. The number of ether oxygens (including phenoxy) is 1. The zero-order valence-electron chi connectivity index (χ0n) is 15.0. The van der Waals surface area contributed by atoms with Gasteiger partial charge in [-0.1, -0.05) is 25.1 Å². The van der Waals surface area contributed by atoms with Crippen molar-refractivity contribution in [3.8, 4) is 5.75 Å². The Morgan fingerprint density at radius 1 is 1.39 bits per heavy atom. The quantitative estimate of drug-likeness (QED) is 0.598. The van der Waals surface area contributed by atoms with Crippen LogP contribution in [0.15, 0.2) is 41.5 Å². The molecule has 3 aromatic rings. The molecule has 11 heteroatoms. The number of nitrogens with zero attached hydrogens (tertiary/aromatic N) is 3. The lowest BCUT2D eigenvalue weighted by Gasteiger charge is -2.17. The minimum atomic E-state index is -2.31. The SMILES string of the molecule is C[C@H]1C[C@@H](CO[P+](=O)Oc2ccccc2)O[C@H]1n1cnc2c(=O)[nH]c(N)nc21. The highest BCUT2D eigenvalue weighted by molar-refractivity contribution is 7.33. The van der Waals surface area contributed by atoms with Gasteiger partial charge in [0.1, 0.15) is 12.8 Å². The zero-order chi connectivity index (χ0) is 19.7. The molecule has 1 aromatic carbocycles. The highest BCUT2D eigenvalue weighted by Crippen LogP contribution is 2.37. The maximum absolute atomic E-state index is 12.0. The Morgan fingerprint density at radius 3 is 2.96 bits per heavy atom. The summed E-state index contributed by atoms with van der Waals surface area (Å²) in [6, 6.07) is 8.81. The molecule has 0 amide bonds. The Balaban J connectivity index is 1.41. The summed E-state index contributed by atoms with van der Waals surface area (Å²) in [5, 5.41) is 0. The summed E-state index contributed by atoms with van der Waals surface area (Å²) in [6.07, 6.45) is 1.52. The summed E-state index contributed by atoms with van der Waals surface area (Å²) in [6.45, 7) is 2.12. The van der Waals surface area contributed by atoms with Crippen LogP contribution in [0.25, 0.3) is 11.2 Å². The van der Waals surface area contributed by atoms with E-state index < -0.39 is 13.8 Å². The number of aromatic nitrogens is 4. The lowest BCUT2D eigenvalue weighted by Crippen LogP contribution is -2.17. The van der Waals surface area contributed by atoms with Gasteiger partial charge in [-0.15, -0.1) is 4.52 Å². The molecule has 2 aromatic heterocycles. The molecular formula is C17H19N5O5P+. The molecule has 4 atom stereocenters. The number of hydrogen-bond donors (Lipinski definition) is 2. The number of para-hydroxylation sites is 1. The molecule has 0 saturated carbocycles. The molecule has 1 fully saturated rings. The largest absolute Gasteiger partial charge is 0.750 e. The van der Waals surface area contributed by atoms with Crippen molar-refractivity contribution in [1.82, 2.24) is 19.5 Å². The van der Waals surface area contributed by atoms with Crippen LogP contribution in [0, 0.1) is 5.92 Å². The first-order valence-corrected chi connectivity index (χ1v) is 9.82. The molecule has 0 radical (unpaired) electrons. The number of nitrogens with one attached hydrogen (secondary N) is 1. The molecular weight excluding hydrogens is 385 g/mol. The number of rotatable bonds is 6. The van der Waals surface area contributed by atoms with Crippen LogP contribution in [0.2, 0.25) is 0 Å². The predicted molar refractivity (Wildman–Crippen MR) is 101 cm³/mol. The average Bonchev–Trinajstić information content (AvgIpc) is 3.24. The molecule has 1 unspecified atom stereocenters. The molecule has 28 heavy (non-hydrogen) atoms. The number of hydrogen-bond acceptors (Lipinski definition) is 8. The van der Waals surface area contributed by atoms with Gasteiger partial charge in [-0.2, -0.15) is 4.98 Å². The zero-order valence-corrected chi connectivity index (χ0v) is 15.9. The highest BCUT2D eigenvalue weighted by Gasteiger charge is 2.37. The molecule has 4 rings (SSSR count). The van der Waals surface area contributed by atoms with Crippen LogP contribution in [0.3, 0.4) is 0 Å². The van der Waals surface area contributed by atoms with Gasteiger partial charge in [-0.3, -0.25) is 14.3 Å². The normalized spacial score (nSPS) is 22.5. The summed E-state index contributed by atoms with van der Waals surface area (Å²) in [4.78, 5) is 22.6. The third-order valence-electron chi connectivity index (χ3n) is 4.47. The van der Waals surface area contributed by atoms with Gasteiger partial charge < -0.3 is 10.5 Å². The first-order chi connectivity index (χ1) is 13.5. The number of H-pyrrole nitrogens is 1. The van der Waals surface area contributed by atoms with Gasteiger partial charge in [-0.25, -0.2) is 9.51 Å². The molecule has 146 valence electrons. The van der Waals surface area contributed by atoms with E-state index in [9.17, 15) is 9.36 Å². The molecule has 10 nitrogen and oxygen atoms in total. The topological polar surface area (TPSA) is 134 Å². The summed E-state index contributed by atoms with van der Waals surface area (Å²) in [5.41, 5.74) is 5.80. The Bertz CT molecular complexity index is 1050. The second-order valence-corrected chi connectivity index (χ2v) is 7.45. The number of benzene rings is 1. The van der Waals surface area contributed by atoms with Gasteiger partial charge in [0, 0.05) is 10.5 Å². The van der Waals surface area contributed by atoms with E-state index in [1.54, 1.807) is 28.8 Å². The van der Waals surface area contributed by atoms with Crippen molar-refractivity contribution in [2.75, 3.05) is 12.3 Å². The summed E-state index contributed by atoms with van der Waals surface area (Å²) in [7, 11) is -2.31. The number of fused-ring (bicyclic) bond motifs is 1. The van der Waals surface area contributed by atoms with E-state index in [1.807, 2.05) is 13.0 Å². The van der Waals surface area contributed by atoms with E-state index in [4.69, 9.17) is 19.5 Å². The van der Waals surface area contributed by atoms with E-state index in [1.165, 1.54) is 6.33 Å². The lowest BCUT2D eigenvalue weighted by molar-refractivity contribution is -0.0253. The first-order valence-electron chi connectivity index (χ1n) is 8.72. The molecule has 3 heterocycles. The smallest absolute Gasteiger partial charge is 0.369 e. The number of imidazole rings is 1. The van der Waals surface area contributed by atoms with Crippen molar-refractivity contribution < 1.29 is 18.3 Å². The van der Waals surface area contributed by atoms with Crippen LogP contribution < -0.4 is 15.8 Å². The lowest BCUT2D eigenvalue weighted by atomic mass is 10.1. The Kier molecular flexibility index (Phi) is 5.08. The fourth-order valence-electron chi connectivity index (χ4n) is 3.23. The Hall–Kier alpha value is -2.81. The van der Waals surface area contributed by atoms with E-state index in [-0.39, 0.29) is 36.3 Å². The molecule has 1 saturated heterocycles. The van der Waals surface area contributed by atoms with Gasteiger partial charge in [0.05, 0.1) is 12.4 Å². The Morgan fingerprint density at radius 2 is 2.18 bits per heavy atom. The van der Waals surface area contributed by atoms with Crippen molar-refractivity contribution in [2.45, 2.75) is 25.7 Å². The predicted octanol–water partition coefficient (Wildman–Crippen LogP) is 2.38. The molecule has 1 aliphatic heterocycles. The monoisotopic (exact) mass is 404 g/mol. The van der Waals surface area contributed by atoms with Crippen molar-refractivity contribution in [3.63, 3.8) is 0 Å².